The highest BCUT2D eigenvalue weighted by Crippen LogP contribution is 2.60. The van der Waals surface area contributed by atoms with E-state index >= 15 is 0 Å². The van der Waals surface area contributed by atoms with Gasteiger partial charge in [-0.2, -0.15) is 0 Å². The van der Waals surface area contributed by atoms with Gasteiger partial charge >= 0.3 is 0 Å². The molecule has 1 nitrogen and oxygen atoms in total. The van der Waals surface area contributed by atoms with Crippen LogP contribution in [-0.2, 0) is 0 Å². The summed E-state index contributed by atoms with van der Waals surface area (Å²) in [5.74, 6) is 0. The Labute approximate surface area is 219 Å². The number of aliphatic hydroxyl groups excluding tert-OH is 1. The van der Waals surface area contributed by atoms with Gasteiger partial charge in [-0.1, -0.05) is 103 Å². The predicted octanol–water partition coefficient (Wildman–Crippen LogP) is 9.46. The zero-order valence-corrected chi connectivity index (χ0v) is 21.4. The Hall–Kier alpha value is -3.24. The van der Waals surface area contributed by atoms with Crippen molar-refractivity contribution in [1.82, 2.24) is 0 Å². The van der Waals surface area contributed by atoms with Crippen molar-refractivity contribution < 1.29 is 5.11 Å². The van der Waals surface area contributed by atoms with Gasteiger partial charge in [0.25, 0.3) is 0 Å². The zero-order chi connectivity index (χ0) is 24.3. The molecule has 1 aliphatic heterocycles. The molecule has 0 amide bonds. The van der Waals surface area contributed by atoms with E-state index in [2.05, 4.69) is 122 Å². The van der Waals surface area contributed by atoms with Crippen molar-refractivity contribution in [3.63, 3.8) is 0 Å². The fraction of sp³-hybridized carbons (Fsp3) is 0.0909. The fourth-order valence-corrected chi connectivity index (χ4v) is 8.49. The SMILES string of the molecule is CC1([C@@H](O)c2cccc3ccccc23)Sc2ccc3ccccc3c2-c2c(ccc3ccccc23)S1. The van der Waals surface area contributed by atoms with E-state index in [1.54, 1.807) is 23.5 Å². The standard InChI is InChI=1S/C33H24OS2/c1-33(32(34)27-16-8-12-21-9-2-5-13-24(21)27)35-28-19-17-22-10-3-6-14-25(22)30(28)31-26-15-7-4-11-23(26)18-20-29(31)36-33/h2-20,32,34H,1H3/t32-/m0/s1. The van der Waals surface area contributed by atoms with Crippen molar-refractivity contribution in [3.05, 3.63) is 121 Å². The van der Waals surface area contributed by atoms with Crippen LogP contribution in [0.1, 0.15) is 18.6 Å². The van der Waals surface area contributed by atoms with E-state index in [-0.39, 0.29) is 0 Å². The summed E-state index contributed by atoms with van der Waals surface area (Å²) in [6, 6.07) is 40.8. The molecule has 0 aromatic heterocycles. The third-order valence-corrected chi connectivity index (χ3v) is 10.1. The van der Waals surface area contributed by atoms with Crippen molar-refractivity contribution in [2.75, 3.05) is 0 Å². The van der Waals surface area contributed by atoms with Crippen LogP contribution in [0, 0.1) is 0 Å². The second-order valence-corrected chi connectivity index (χ2v) is 12.8. The molecule has 0 saturated carbocycles. The summed E-state index contributed by atoms with van der Waals surface area (Å²) >= 11 is 3.57. The van der Waals surface area contributed by atoms with Crippen LogP contribution in [0.4, 0.5) is 0 Å². The molecule has 7 rings (SSSR count). The van der Waals surface area contributed by atoms with Gasteiger partial charge in [0.1, 0.15) is 6.10 Å². The molecular formula is C33H24OS2. The summed E-state index contributed by atoms with van der Waals surface area (Å²) in [5, 5.41) is 19.3. The number of hydrogen-bond donors (Lipinski definition) is 1. The molecule has 6 aromatic carbocycles. The second-order valence-electron chi connectivity index (χ2n) is 9.51. The van der Waals surface area contributed by atoms with Gasteiger partial charge in [-0.05, 0) is 56.9 Å². The Balaban J connectivity index is 1.51. The number of hydrogen-bond acceptors (Lipinski definition) is 3. The number of benzene rings is 6. The predicted molar refractivity (Wildman–Crippen MR) is 156 cm³/mol. The number of thioether (sulfide) groups is 2. The Morgan fingerprint density at radius 3 is 1.53 bits per heavy atom. The first-order valence-corrected chi connectivity index (χ1v) is 13.8. The number of aliphatic hydroxyl groups is 1. The average Bonchev–Trinajstić information content (AvgIpc) is 3.06. The van der Waals surface area contributed by atoms with Gasteiger partial charge in [0.15, 0.2) is 0 Å². The summed E-state index contributed by atoms with van der Waals surface area (Å²) in [7, 11) is 0. The monoisotopic (exact) mass is 500 g/mol. The molecule has 0 spiro atoms. The highest BCUT2D eigenvalue weighted by atomic mass is 32.2. The van der Waals surface area contributed by atoms with Gasteiger partial charge in [0.05, 0.1) is 4.08 Å². The van der Waals surface area contributed by atoms with Crippen molar-refractivity contribution >= 4 is 55.8 Å². The number of fused-ring (bicyclic) bond motifs is 8. The summed E-state index contributed by atoms with van der Waals surface area (Å²) in [6.45, 7) is 2.19. The van der Waals surface area contributed by atoms with Crippen molar-refractivity contribution in [2.45, 2.75) is 26.9 Å². The van der Waals surface area contributed by atoms with Crippen LogP contribution >= 0.6 is 23.5 Å². The molecule has 0 unspecified atom stereocenters. The molecular weight excluding hydrogens is 476 g/mol. The smallest absolute Gasteiger partial charge is 0.104 e. The third kappa shape index (κ3) is 3.38. The molecule has 0 bridgehead atoms. The first-order chi connectivity index (χ1) is 17.6. The van der Waals surface area contributed by atoms with Crippen molar-refractivity contribution in [3.8, 4) is 11.1 Å². The third-order valence-electron chi connectivity index (χ3n) is 7.27. The molecule has 0 saturated heterocycles. The van der Waals surface area contributed by atoms with Gasteiger partial charge in [-0.15, -0.1) is 23.5 Å². The maximum absolute atomic E-state index is 12.1. The summed E-state index contributed by atoms with van der Waals surface area (Å²) in [6.07, 6.45) is -0.671. The Morgan fingerprint density at radius 2 is 0.972 bits per heavy atom. The highest BCUT2D eigenvalue weighted by Gasteiger charge is 2.41. The minimum absolute atomic E-state index is 0.533. The topological polar surface area (TPSA) is 20.2 Å². The Morgan fingerprint density at radius 1 is 0.528 bits per heavy atom. The molecule has 0 fully saturated rings. The van der Waals surface area contributed by atoms with Gasteiger partial charge in [0, 0.05) is 20.9 Å². The minimum atomic E-state index is -0.671. The van der Waals surface area contributed by atoms with Gasteiger partial charge in [-0.25, -0.2) is 0 Å². The van der Waals surface area contributed by atoms with Gasteiger partial charge < -0.3 is 5.11 Å². The normalized spacial score (nSPS) is 15.4. The Bertz CT molecular complexity index is 1700. The van der Waals surface area contributed by atoms with Crippen LogP contribution in [0.2, 0.25) is 0 Å². The summed E-state index contributed by atoms with van der Waals surface area (Å²) < 4.78 is -0.533. The molecule has 174 valence electrons. The van der Waals surface area contributed by atoms with Crippen LogP contribution in [0.25, 0.3) is 43.4 Å². The van der Waals surface area contributed by atoms with Crippen LogP contribution < -0.4 is 0 Å². The van der Waals surface area contributed by atoms with E-state index in [0.717, 1.165) is 16.3 Å². The lowest BCUT2D eigenvalue weighted by atomic mass is 9.94. The molecule has 36 heavy (non-hydrogen) atoms. The first kappa shape index (κ1) is 22.0. The van der Waals surface area contributed by atoms with Gasteiger partial charge in [0.2, 0.25) is 0 Å². The Kier molecular flexibility index (Phi) is 5.14. The van der Waals surface area contributed by atoms with Crippen LogP contribution in [0.15, 0.2) is 125 Å². The van der Waals surface area contributed by atoms with Crippen LogP contribution in [0.3, 0.4) is 0 Å². The quantitative estimate of drug-likeness (QED) is 0.256. The lowest BCUT2D eigenvalue weighted by molar-refractivity contribution is 0.171. The first-order valence-electron chi connectivity index (χ1n) is 12.2. The molecule has 3 heteroatoms. The number of rotatable bonds is 2. The molecule has 0 aliphatic carbocycles. The zero-order valence-electron chi connectivity index (χ0n) is 19.8. The van der Waals surface area contributed by atoms with E-state index in [0.29, 0.717) is 0 Å². The van der Waals surface area contributed by atoms with E-state index in [1.807, 2.05) is 0 Å². The van der Waals surface area contributed by atoms with Gasteiger partial charge in [-0.3, -0.25) is 0 Å². The lowest BCUT2D eigenvalue weighted by Crippen LogP contribution is -2.25. The van der Waals surface area contributed by atoms with E-state index in [1.165, 1.54) is 42.5 Å². The molecule has 0 radical (unpaired) electrons. The molecule has 1 heterocycles. The summed E-state index contributed by atoms with van der Waals surface area (Å²) in [5.41, 5.74) is 3.51. The highest BCUT2D eigenvalue weighted by molar-refractivity contribution is 8.18. The lowest BCUT2D eigenvalue weighted by Gasteiger charge is -2.33. The maximum atomic E-state index is 12.1. The van der Waals surface area contributed by atoms with Crippen molar-refractivity contribution in [1.29, 1.82) is 0 Å². The van der Waals surface area contributed by atoms with E-state index < -0.39 is 10.2 Å². The molecule has 6 aromatic rings. The van der Waals surface area contributed by atoms with E-state index in [4.69, 9.17) is 0 Å². The fourth-order valence-electron chi connectivity index (χ4n) is 5.53. The van der Waals surface area contributed by atoms with Crippen LogP contribution in [0.5, 0.6) is 0 Å². The molecule has 1 atom stereocenters. The van der Waals surface area contributed by atoms with E-state index in [9.17, 15) is 5.11 Å². The minimum Gasteiger partial charge on any atom is -0.386 e. The maximum Gasteiger partial charge on any atom is 0.104 e. The second kappa shape index (κ2) is 8.41. The summed E-state index contributed by atoms with van der Waals surface area (Å²) in [4.78, 5) is 2.41. The van der Waals surface area contributed by atoms with Crippen molar-refractivity contribution in [2.24, 2.45) is 0 Å². The molecule has 1 aliphatic rings. The largest absolute Gasteiger partial charge is 0.386 e. The average molecular weight is 501 g/mol. The van der Waals surface area contributed by atoms with Crippen LogP contribution in [-0.4, -0.2) is 9.19 Å². The molecule has 1 N–H and O–H groups in total.